The molecule has 9 heteroatoms. The Hall–Kier alpha value is -4.37. The van der Waals surface area contributed by atoms with Gasteiger partial charge in [0.25, 0.3) is 0 Å². The molecule has 1 saturated heterocycles. The molecule has 0 atom stereocenters. The largest absolute Gasteiger partial charge is 0.393 e. The predicted molar refractivity (Wildman–Crippen MR) is 159 cm³/mol. The Morgan fingerprint density at radius 3 is 2.32 bits per heavy atom. The average Bonchev–Trinajstić information content (AvgIpc) is 2.94. The molecule has 0 bridgehead atoms. The van der Waals surface area contributed by atoms with Crippen molar-refractivity contribution in [1.82, 2.24) is 14.9 Å². The van der Waals surface area contributed by atoms with Gasteiger partial charge in [0.15, 0.2) is 0 Å². The van der Waals surface area contributed by atoms with Gasteiger partial charge in [-0.05, 0) is 54.4 Å². The summed E-state index contributed by atoms with van der Waals surface area (Å²) in [4.78, 5) is 13.6. The van der Waals surface area contributed by atoms with Gasteiger partial charge in [0.2, 0.25) is 5.95 Å². The normalized spacial score (nSPS) is 14.1. The molecule has 1 fully saturated rings. The van der Waals surface area contributed by atoms with E-state index in [4.69, 9.17) is 4.98 Å². The maximum Gasteiger partial charge on any atom is 0.393 e. The maximum absolute atomic E-state index is 13.0. The zero-order valence-electron chi connectivity index (χ0n) is 23.0. The number of allylic oxidation sites excluding steroid dienone is 1. The van der Waals surface area contributed by atoms with E-state index in [0.29, 0.717) is 18.1 Å². The Balaban J connectivity index is 1.20. The maximum atomic E-state index is 13.0. The van der Waals surface area contributed by atoms with Gasteiger partial charge in [-0.1, -0.05) is 49.0 Å². The summed E-state index contributed by atoms with van der Waals surface area (Å²) in [6.07, 6.45) is -3.37. The quantitative estimate of drug-likeness (QED) is 0.226. The average molecular weight is 559 g/mol. The molecule has 1 aromatic heterocycles. The van der Waals surface area contributed by atoms with Crippen LogP contribution in [0.4, 0.5) is 36.2 Å². The highest BCUT2D eigenvalue weighted by molar-refractivity contribution is 5.66. The van der Waals surface area contributed by atoms with Crippen molar-refractivity contribution in [3.05, 3.63) is 108 Å². The fourth-order valence-electron chi connectivity index (χ4n) is 4.97. The van der Waals surface area contributed by atoms with Crippen LogP contribution in [-0.2, 0) is 13.0 Å². The van der Waals surface area contributed by atoms with Crippen LogP contribution in [0.2, 0.25) is 0 Å². The standard InChI is InChI=1S/C32H33F3N6/c1-23(2)37-27-12-10-24(11-13-27)30-14-15-36-31(39-30)38-28-8-5-9-29(20-28)41-18-16-40(17-19-41)22-26-7-4-3-6-25(26)21-32(33,34)35/h3-15,20,37H,1,16-19,21-22H2,2H3,(H,36,38,39). The van der Waals surface area contributed by atoms with Crippen LogP contribution < -0.4 is 15.5 Å². The van der Waals surface area contributed by atoms with Crippen molar-refractivity contribution in [3.63, 3.8) is 0 Å². The van der Waals surface area contributed by atoms with E-state index in [1.165, 1.54) is 0 Å². The molecule has 3 aromatic carbocycles. The number of rotatable bonds is 9. The first kappa shape index (κ1) is 28.2. The minimum Gasteiger partial charge on any atom is -0.369 e. The summed E-state index contributed by atoms with van der Waals surface area (Å²) in [6, 6.07) is 24.8. The number of benzene rings is 3. The molecule has 0 amide bonds. The molecule has 0 spiro atoms. The molecule has 4 aromatic rings. The lowest BCUT2D eigenvalue weighted by molar-refractivity contribution is -0.127. The van der Waals surface area contributed by atoms with Crippen molar-refractivity contribution < 1.29 is 13.2 Å². The smallest absolute Gasteiger partial charge is 0.369 e. The second-order valence-electron chi connectivity index (χ2n) is 10.2. The molecule has 5 rings (SSSR count). The molecule has 1 aliphatic heterocycles. The molecule has 0 unspecified atom stereocenters. The number of piperazine rings is 1. The van der Waals surface area contributed by atoms with Crippen molar-refractivity contribution in [2.75, 3.05) is 41.7 Å². The fourth-order valence-corrected chi connectivity index (χ4v) is 4.97. The number of alkyl halides is 3. The third kappa shape index (κ3) is 7.85. The molecule has 41 heavy (non-hydrogen) atoms. The van der Waals surface area contributed by atoms with Crippen LogP contribution in [0.25, 0.3) is 11.3 Å². The first-order chi connectivity index (χ1) is 19.7. The van der Waals surface area contributed by atoms with Crippen molar-refractivity contribution in [2.45, 2.75) is 26.1 Å². The minimum absolute atomic E-state index is 0.351. The van der Waals surface area contributed by atoms with Gasteiger partial charge in [-0.15, -0.1) is 0 Å². The van der Waals surface area contributed by atoms with Crippen LogP contribution in [-0.4, -0.2) is 47.2 Å². The molecule has 0 saturated carbocycles. The second-order valence-corrected chi connectivity index (χ2v) is 10.2. The lowest BCUT2D eigenvalue weighted by Gasteiger charge is -2.36. The molecule has 0 aliphatic carbocycles. The number of aromatic nitrogens is 2. The topological polar surface area (TPSA) is 56.3 Å². The van der Waals surface area contributed by atoms with Crippen molar-refractivity contribution in [1.29, 1.82) is 0 Å². The lowest BCUT2D eigenvalue weighted by atomic mass is 10.0. The number of anilines is 4. The van der Waals surface area contributed by atoms with Gasteiger partial charge in [-0.3, -0.25) is 4.90 Å². The van der Waals surface area contributed by atoms with E-state index in [-0.39, 0.29) is 0 Å². The Morgan fingerprint density at radius 2 is 1.61 bits per heavy atom. The van der Waals surface area contributed by atoms with E-state index in [0.717, 1.165) is 65.8 Å². The van der Waals surface area contributed by atoms with Crippen LogP contribution in [0.1, 0.15) is 18.1 Å². The first-order valence-electron chi connectivity index (χ1n) is 13.6. The lowest BCUT2D eigenvalue weighted by Crippen LogP contribution is -2.46. The van der Waals surface area contributed by atoms with Gasteiger partial charge in [0, 0.05) is 67.2 Å². The van der Waals surface area contributed by atoms with Crippen LogP contribution in [0, 0.1) is 0 Å². The van der Waals surface area contributed by atoms with Crippen molar-refractivity contribution >= 4 is 23.0 Å². The van der Waals surface area contributed by atoms with E-state index < -0.39 is 12.6 Å². The van der Waals surface area contributed by atoms with Gasteiger partial charge in [-0.2, -0.15) is 13.2 Å². The Morgan fingerprint density at radius 1 is 0.878 bits per heavy atom. The van der Waals surface area contributed by atoms with E-state index in [1.807, 2.05) is 55.5 Å². The Bertz CT molecular complexity index is 1480. The van der Waals surface area contributed by atoms with E-state index in [1.54, 1.807) is 24.4 Å². The molecule has 6 nitrogen and oxygen atoms in total. The summed E-state index contributed by atoms with van der Waals surface area (Å²) in [5, 5.41) is 6.52. The molecular weight excluding hydrogens is 525 g/mol. The molecule has 2 N–H and O–H groups in total. The monoisotopic (exact) mass is 558 g/mol. The highest BCUT2D eigenvalue weighted by atomic mass is 19.4. The van der Waals surface area contributed by atoms with Gasteiger partial charge < -0.3 is 15.5 Å². The van der Waals surface area contributed by atoms with Gasteiger partial charge in [0.1, 0.15) is 0 Å². The van der Waals surface area contributed by atoms with Gasteiger partial charge in [0.05, 0.1) is 12.1 Å². The van der Waals surface area contributed by atoms with E-state index in [9.17, 15) is 13.2 Å². The summed E-state index contributed by atoms with van der Waals surface area (Å²) in [5.41, 5.74) is 6.69. The van der Waals surface area contributed by atoms with E-state index in [2.05, 4.69) is 44.1 Å². The van der Waals surface area contributed by atoms with Gasteiger partial charge in [-0.25, -0.2) is 9.97 Å². The number of hydrogen-bond acceptors (Lipinski definition) is 6. The van der Waals surface area contributed by atoms with Crippen LogP contribution >= 0.6 is 0 Å². The third-order valence-electron chi connectivity index (χ3n) is 6.94. The molecule has 2 heterocycles. The number of halogens is 3. The van der Waals surface area contributed by atoms with Crippen molar-refractivity contribution in [2.24, 2.45) is 0 Å². The highest BCUT2D eigenvalue weighted by Crippen LogP contribution is 2.27. The van der Waals surface area contributed by atoms with Crippen molar-refractivity contribution in [3.8, 4) is 11.3 Å². The first-order valence-corrected chi connectivity index (χ1v) is 13.6. The molecule has 1 aliphatic rings. The Kier molecular flexibility index (Phi) is 8.54. The molecule has 212 valence electrons. The Labute approximate surface area is 238 Å². The summed E-state index contributed by atoms with van der Waals surface area (Å²) >= 11 is 0. The zero-order chi connectivity index (χ0) is 28.8. The number of nitrogens with zero attached hydrogens (tertiary/aromatic N) is 4. The van der Waals surface area contributed by atoms with E-state index >= 15 is 0 Å². The minimum atomic E-state index is -4.21. The summed E-state index contributed by atoms with van der Waals surface area (Å²) < 4.78 is 39.0. The highest BCUT2D eigenvalue weighted by Gasteiger charge is 2.29. The van der Waals surface area contributed by atoms with Crippen LogP contribution in [0.3, 0.4) is 0 Å². The zero-order valence-corrected chi connectivity index (χ0v) is 23.0. The number of hydrogen-bond donors (Lipinski definition) is 2. The van der Waals surface area contributed by atoms with Crippen LogP contribution in [0.15, 0.2) is 97.3 Å². The predicted octanol–water partition coefficient (Wildman–Crippen LogP) is 7.26. The molecular formula is C32H33F3N6. The summed E-state index contributed by atoms with van der Waals surface area (Å²) in [7, 11) is 0. The second kappa shape index (κ2) is 12.4. The third-order valence-corrected chi connectivity index (χ3v) is 6.94. The number of nitrogens with one attached hydrogen (secondary N) is 2. The fraction of sp³-hybridized carbons (Fsp3) is 0.250. The SMILES string of the molecule is C=C(C)Nc1ccc(-c2ccnc(Nc3cccc(N4CCN(Cc5ccccc5CC(F)(F)F)CC4)c3)n2)cc1. The summed E-state index contributed by atoms with van der Waals surface area (Å²) in [5.74, 6) is 0.506. The summed E-state index contributed by atoms with van der Waals surface area (Å²) in [6.45, 7) is 9.41. The van der Waals surface area contributed by atoms with Gasteiger partial charge >= 0.3 is 6.18 Å². The van der Waals surface area contributed by atoms with Crippen LogP contribution in [0.5, 0.6) is 0 Å². The molecule has 0 radical (unpaired) electrons.